The molecule has 154 valence electrons. The molecule has 30 heavy (non-hydrogen) atoms. The van der Waals surface area contributed by atoms with Crippen molar-refractivity contribution in [3.05, 3.63) is 59.8 Å². The zero-order valence-electron chi connectivity index (χ0n) is 17.8. The molecule has 1 N–H and O–H groups in total. The van der Waals surface area contributed by atoms with Crippen LogP contribution in [0.2, 0.25) is 0 Å². The van der Waals surface area contributed by atoms with Gasteiger partial charge in [0.25, 0.3) is 0 Å². The first kappa shape index (κ1) is 19.9. The smallest absolute Gasteiger partial charge is 0.205 e. The summed E-state index contributed by atoms with van der Waals surface area (Å²) in [6, 6.07) is 12.0. The van der Waals surface area contributed by atoms with Gasteiger partial charge in [-0.05, 0) is 23.3 Å². The van der Waals surface area contributed by atoms with Gasteiger partial charge in [-0.1, -0.05) is 58.0 Å². The van der Waals surface area contributed by atoms with Crippen molar-refractivity contribution in [1.82, 2.24) is 40.4 Å². The van der Waals surface area contributed by atoms with Crippen molar-refractivity contribution >= 4 is 0 Å². The third-order valence-corrected chi connectivity index (χ3v) is 4.84. The summed E-state index contributed by atoms with van der Waals surface area (Å²) in [6.45, 7) is 9.23. The van der Waals surface area contributed by atoms with Crippen LogP contribution in [-0.2, 0) is 18.4 Å². The van der Waals surface area contributed by atoms with Gasteiger partial charge in [-0.3, -0.25) is 4.98 Å². The molecular formula is C22H26N8. The van der Waals surface area contributed by atoms with Crippen molar-refractivity contribution in [1.29, 1.82) is 0 Å². The largest absolute Gasteiger partial charge is 0.256 e. The van der Waals surface area contributed by atoms with Gasteiger partial charge in [-0.2, -0.15) is 10.3 Å². The van der Waals surface area contributed by atoms with Gasteiger partial charge < -0.3 is 0 Å². The van der Waals surface area contributed by atoms with Crippen LogP contribution in [0.5, 0.6) is 0 Å². The molecule has 0 spiro atoms. The summed E-state index contributed by atoms with van der Waals surface area (Å²) in [4.78, 5) is 9.48. The molecule has 4 rings (SSSR count). The lowest BCUT2D eigenvalue weighted by molar-refractivity contribution is 0.532. The van der Waals surface area contributed by atoms with E-state index in [0.717, 1.165) is 46.9 Å². The van der Waals surface area contributed by atoms with E-state index in [4.69, 9.17) is 15.1 Å². The Balaban J connectivity index is 1.61. The van der Waals surface area contributed by atoms with Gasteiger partial charge >= 0.3 is 0 Å². The van der Waals surface area contributed by atoms with E-state index < -0.39 is 0 Å². The fraction of sp³-hybridized carbons (Fsp3) is 0.364. The van der Waals surface area contributed by atoms with E-state index in [1.807, 2.05) is 41.2 Å². The minimum Gasteiger partial charge on any atom is -0.256 e. The topological polar surface area (TPSA) is 98.1 Å². The van der Waals surface area contributed by atoms with Crippen molar-refractivity contribution in [3.63, 3.8) is 0 Å². The first-order valence-electron chi connectivity index (χ1n) is 10.2. The molecule has 0 unspecified atom stereocenters. The van der Waals surface area contributed by atoms with Crippen LogP contribution in [0.15, 0.2) is 42.6 Å². The second-order valence-corrected chi connectivity index (χ2v) is 8.34. The molecule has 0 aliphatic carbocycles. The van der Waals surface area contributed by atoms with Crippen molar-refractivity contribution in [2.45, 2.75) is 52.5 Å². The first-order valence-corrected chi connectivity index (χ1v) is 10.2. The summed E-state index contributed by atoms with van der Waals surface area (Å²) >= 11 is 0. The SMILES string of the molecule is CCCc1nc(C(C)(C)C)nn1Cc1ccc(-c2ccccc2-c2nn[nH]n2)nc1. The van der Waals surface area contributed by atoms with Gasteiger partial charge in [-0.25, -0.2) is 9.67 Å². The Kier molecular flexibility index (Phi) is 5.39. The molecule has 1 aromatic carbocycles. The number of nitrogens with zero attached hydrogens (tertiary/aromatic N) is 7. The lowest BCUT2D eigenvalue weighted by Crippen LogP contribution is -2.14. The van der Waals surface area contributed by atoms with Gasteiger partial charge in [0.05, 0.1) is 12.2 Å². The lowest BCUT2D eigenvalue weighted by Gasteiger charge is -2.12. The number of hydrogen-bond donors (Lipinski definition) is 1. The Labute approximate surface area is 175 Å². The minimum atomic E-state index is -0.0747. The molecule has 0 bridgehead atoms. The monoisotopic (exact) mass is 402 g/mol. The average Bonchev–Trinajstić information content (AvgIpc) is 3.39. The molecule has 0 atom stereocenters. The summed E-state index contributed by atoms with van der Waals surface area (Å²) in [5.41, 5.74) is 3.73. The van der Waals surface area contributed by atoms with Crippen molar-refractivity contribution < 1.29 is 0 Å². The maximum atomic E-state index is 4.78. The number of tetrazole rings is 1. The summed E-state index contributed by atoms with van der Waals surface area (Å²) < 4.78 is 2.01. The fourth-order valence-electron chi connectivity index (χ4n) is 3.25. The van der Waals surface area contributed by atoms with Gasteiger partial charge in [0.15, 0.2) is 5.82 Å². The number of pyridine rings is 1. The van der Waals surface area contributed by atoms with E-state index in [9.17, 15) is 0 Å². The minimum absolute atomic E-state index is 0.0747. The number of rotatable bonds is 6. The Bertz CT molecular complexity index is 1110. The van der Waals surface area contributed by atoms with Crippen molar-refractivity contribution in [3.8, 4) is 22.6 Å². The number of aromatic nitrogens is 8. The van der Waals surface area contributed by atoms with Crippen LogP contribution in [0.4, 0.5) is 0 Å². The number of hydrogen-bond acceptors (Lipinski definition) is 6. The molecule has 0 saturated heterocycles. The quantitative estimate of drug-likeness (QED) is 0.526. The number of H-pyrrole nitrogens is 1. The highest BCUT2D eigenvalue weighted by atomic mass is 15.5. The van der Waals surface area contributed by atoms with Crippen LogP contribution in [0.3, 0.4) is 0 Å². The number of benzene rings is 1. The molecule has 3 heterocycles. The molecule has 4 aromatic rings. The van der Waals surface area contributed by atoms with Crippen molar-refractivity contribution in [2.75, 3.05) is 0 Å². The zero-order chi connectivity index (χ0) is 21.1. The molecule has 8 nitrogen and oxygen atoms in total. The van der Waals surface area contributed by atoms with Crippen LogP contribution < -0.4 is 0 Å². The van der Waals surface area contributed by atoms with Gasteiger partial charge in [0.2, 0.25) is 5.82 Å². The van der Waals surface area contributed by atoms with Gasteiger partial charge in [0, 0.05) is 29.2 Å². The predicted molar refractivity (Wildman–Crippen MR) is 115 cm³/mol. The highest BCUT2D eigenvalue weighted by molar-refractivity contribution is 5.78. The van der Waals surface area contributed by atoms with Crippen LogP contribution >= 0.6 is 0 Å². The molecule has 0 amide bonds. The van der Waals surface area contributed by atoms with Crippen LogP contribution in [0.25, 0.3) is 22.6 Å². The molecular weight excluding hydrogens is 376 g/mol. The zero-order valence-corrected chi connectivity index (χ0v) is 17.8. The summed E-state index contributed by atoms with van der Waals surface area (Å²) in [5.74, 6) is 2.46. The second kappa shape index (κ2) is 8.14. The fourth-order valence-corrected chi connectivity index (χ4v) is 3.25. The summed E-state index contributed by atoms with van der Waals surface area (Å²) in [6.07, 6.45) is 3.84. The van der Waals surface area contributed by atoms with Crippen LogP contribution in [-0.4, -0.2) is 40.4 Å². The van der Waals surface area contributed by atoms with Gasteiger partial charge in [-0.15, -0.1) is 10.2 Å². The highest BCUT2D eigenvalue weighted by Crippen LogP contribution is 2.28. The normalized spacial score (nSPS) is 11.7. The van der Waals surface area contributed by atoms with E-state index in [2.05, 4.69) is 54.4 Å². The lowest BCUT2D eigenvalue weighted by atomic mass is 9.96. The van der Waals surface area contributed by atoms with Crippen LogP contribution in [0.1, 0.15) is 51.3 Å². The molecule has 0 aliphatic rings. The van der Waals surface area contributed by atoms with Gasteiger partial charge in [0.1, 0.15) is 5.82 Å². The third kappa shape index (κ3) is 4.12. The third-order valence-electron chi connectivity index (χ3n) is 4.84. The summed E-state index contributed by atoms with van der Waals surface area (Å²) in [5, 5.41) is 19.1. The van der Waals surface area contributed by atoms with E-state index in [1.165, 1.54) is 0 Å². The Morgan fingerprint density at radius 1 is 1.03 bits per heavy atom. The molecule has 0 fully saturated rings. The van der Waals surface area contributed by atoms with E-state index in [-0.39, 0.29) is 5.41 Å². The molecule has 8 heteroatoms. The standard InChI is InChI=1S/C22H26N8/c1-5-8-19-24-21(22(2,3)4)27-30(19)14-15-11-12-18(23-13-15)16-9-6-7-10-17(16)20-25-28-29-26-20/h6-7,9-13H,5,8,14H2,1-4H3,(H,25,26,28,29). The first-order chi connectivity index (χ1) is 14.5. The maximum Gasteiger partial charge on any atom is 0.205 e. The Hall–Kier alpha value is -3.42. The number of nitrogens with one attached hydrogen (secondary N) is 1. The highest BCUT2D eigenvalue weighted by Gasteiger charge is 2.21. The second-order valence-electron chi connectivity index (χ2n) is 8.34. The maximum absolute atomic E-state index is 4.78. The molecule has 0 aliphatic heterocycles. The Morgan fingerprint density at radius 3 is 2.47 bits per heavy atom. The van der Waals surface area contributed by atoms with E-state index in [0.29, 0.717) is 12.4 Å². The van der Waals surface area contributed by atoms with E-state index >= 15 is 0 Å². The van der Waals surface area contributed by atoms with Crippen molar-refractivity contribution in [2.24, 2.45) is 0 Å². The molecule has 0 radical (unpaired) electrons. The number of aryl methyl sites for hydroxylation is 1. The summed E-state index contributed by atoms with van der Waals surface area (Å²) in [7, 11) is 0. The van der Waals surface area contributed by atoms with Crippen LogP contribution in [0, 0.1) is 0 Å². The Morgan fingerprint density at radius 2 is 1.83 bits per heavy atom. The molecule has 3 aromatic heterocycles. The molecule has 0 saturated carbocycles. The number of aromatic amines is 1. The predicted octanol–water partition coefficient (Wildman–Crippen LogP) is 3.82. The van der Waals surface area contributed by atoms with E-state index in [1.54, 1.807) is 0 Å². The average molecular weight is 403 g/mol.